The maximum Gasteiger partial charge on any atom is 0.417 e. The molecule has 1 saturated heterocycles. The molecule has 0 aromatic carbocycles. The molecule has 2 aromatic heterocycles. The third kappa shape index (κ3) is 6.55. The Morgan fingerprint density at radius 2 is 2.03 bits per heavy atom. The predicted octanol–water partition coefficient (Wildman–Crippen LogP) is 3.05. The Balaban J connectivity index is 1.67. The van der Waals surface area contributed by atoms with Crippen molar-refractivity contribution in [3.8, 4) is 0 Å². The maximum atomic E-state index is 13.7. The summed E-state index contributed by atoms with van der Waals surface area (Å²) in [7, 11) is 0. The van der Waals surface area contributed by atoms with Crippen LogP contribution in [0.4, 0.5) is 19.0 Å². The van der Waals surface area contributed by atoms with Crippen molar-refractivity contribution in [2.24, 2.45) is 11.5 Å². The first kappa shape index (κ1) is 24.7. The molecule has 0 atom stereocenters. The quantitative estimate of drug-likeness (QED) is 0.358. The van der Waals surface area contributed by atoms with Gasteiger partial charge in [0.1, 0.15) is 10.5 Å². The Hall–Kier alpha value is -2.92. The van der Waals surface area contributed by atoms with Crippen molar-refractivity contribution in [2.45, 2.75) is 38.4 Å². The Morgan fingerprint density at radius 3 is 2.64 bits per heavy atom. The molecule has 33 heavy (non-hydrogen) atoms. The van der Waals surface area contributed by atoms with Crippen LogP contribution in [0.1, 0.15) is 35.4 Å². The van der Waals surface area contributed by atoms with Gasteiger partial charge in [0, 0.05) is 60.8 Å². The van der Waals surface area contributed by atoms with E-state index >= 15 is 0 Å². The summed E-state index contributed by atoms with van der Waals surface area (Å²) >= 11 is 5.16. The molecule has 0 unspecified atom stereocenters. The highest BCUT2D eigenvalue weighted by atomic mass is 32.1. The number of aromatic amines is 1. The number of H-pyrrole nitrogens is 1. The third-order valence-electron chi connectivity index (χ3n) is 5.51. The number of piperidine rings is 1. The maximum absolute atomic E-state index is 13.7. The molecule has 0 bridgehead atoms. The molecular weight excluding hydrogens is 453 g/mol. The van der Waals surface area contributed by atoms with E-state index in [1.165, 1.54) is 0 Å². The number of aryl methyl sites for hydroxylation is 1. The summed E-state index contributed by atoms with van der Waals surface area (Å²) in [6, 6.07) is 7.19. The van der Waals surface area contributed by atoms with Crippen LogP contribution in [-0.2, 0) is 17.4 Å². The van der Waals surface area contributed by atoms with E-state index in [1.54, 1.807) is 0 Å². The zero-order valence-corrected chi connectivity index (χ0v) is 19.0. The number of nitrogens with two attached hydrogens (primary N) is 2. The number of carbonyl (C=O) groups excluding carboxylic acids is 1. The molecule has 11 heteroatoms. The SMILES string of the molecule is Cc1cccc(CCNC2CCN(c3cc(C(F)(F)F)c(/C(N)=C/C(N)=O)c(=S)[nH]3)CC2)n1. The van der Waals surface area contributed by atoms with Crippen LogP contribution in [-0.4, -0.2) is 41.6 Å². The first-order valence-electron chi connectivity index (χ1n) is 10.6. The lowest BCUT2D eigenvalue weighted by atomic mass is 10.0. The zero-order chi connectivity index (χ0) is 24.2. The van der Waals surface area contributed by atoms with Gasteiger partial charge in [-0.25, -0.2) is 0 Å². The lowest BCUT2D eigenvalue weighted by molar-refractivity contribution is -0.137. The number of aromatic nitrogens is 2. The van der Waals surface area contributed by atoms with E-state index in [1.807, 2.05) is 30.0 Å². The van der Waals surface area contributed by atoms with Crippen LogP contribution in [0.15, 0.2) is 30.3 Å². The summed E-state index contributed by atoms with van der Waals surface area (Å²) in [5.41, 5.74) is 10.9. The fourth-order valence-electron chi connectivity index (χ4n) is 3.92. The molecule has 0 radical (unpaired) electrons. The van der Waals surface area contributed by atoms with E-state index in [0.717, 1.165) is 49.3 Å². The van der Waals surface area contributed by atoms with Gasteiger partial charge in [0.05, 0.1) is 5.56 Å². The molecule has 178 valence electrons. The lowest BCUT2D eigenvalue weighted by Crippen LogP contribution is -2.43. The molecular formula is C22H27F3N6OS. The van der Waals surface area contributed by atoms with Crippen LogP contribution in [0.25, 0.3) is 5.70 Å². The summed E-state index contributed by atoms with van der Waals surface area (Å²) in [6.45, 7) is 3.86. The Bertz CT molecular complexity index is 1090. The van der Waals surface area contributed by atoms with E-state index in [-0.39, 0.29) is 16.5 Å². The topological polar surface area (TPSA) is 113 Å². The number of rotatable bonds is 7. The van der Waals surface area contributed by atoms with Gasteiger partial charge in [-0.15, -0.1) is 0 Å². The molecule has 0 saturated carbocycles. The summed E-state index contributed by atoms with van der Waals surface area (Å²) in [4.78, 5) is 20.3. The van der Waals surface area contributed by atoms with E-state index in [0.29, 0.717) is 13.1 Å². The monoisotopic (exact) mass is 480 g/mol. The minimum atomic E-state index is -4.70. The molecule has 1 fully saturated rings. The number of anilines is 1. The van der Waals surface area contributed by atoms with Crippen LogP contribution < -0.4 is 21.7 Å². The first-order valence-corrected chi connectivity index (χ1v) is 11.0. The first-order chi connectivity index (χ1) is 15.5. The molecule has 6 N–H and O–H groups in total. The summed E-state index contributed by atoms with van der Waals surface area (Å²) in [5.74, 6) is -0.683. The summed E-state index contributed by atoms with van der Waals surface area (Å²) < 4.78 is 41.0. The van der Waals surface area contributed by atoms with Gasteiger partial charge in [-0.2, -0.15) is 13.2 Å². The largest absolute Gasteiger partial charge is 0.417 e. The highest BCUT2D eigenvalue weighted by molar-refractivity contribution is 7.71. The second-order valence-electron chi connectivity index (χ2n) is 8.01. The molecule has 0 spiro atoms. The highest BCUT2D eigenvalue weighted by Crippen LogP contribution is 2.36. The van der Waals surface area contributed by atoms with Crippen molar-refractivity contribution in [1.29, 1.82) is 0 Å². The predicted molar refractivity (Wildman–Crippen MR) is 124 cm³/mol. The van der Waals surface area contributed by atoms with Gasteiger partial charge in [0.25, 0.3) is 0 Å². The van der Waals surface area contributed by atoms with Crippen molar-refractivity contribution >= 4 is 29.6 Å². The fourth-order valence-corrected chi connectivity index (χ4v) is 4.25. The molecule has 2 aromatic rings. The number of alkyl halides is 3. The summed E-state index contributed by atoms with van der Waals surface area (Å²) in [6.07, 6.45) is -1.61. The Kier molecular flexibility index (Phi) is 7.75. The van der Waals surface area contributed by atoms with Crippen molar-refractivity contribution in [1.82, 2.24) is 15.3 Å². The third-order valence-corrected chi connectivity index (χ3v) is 5.81. The molecule has 3 heterocycles. The van der Waals surface area contributed by atoms with Gasteiger partial charge in [-0.1, -0.05) is 18.3 Å². The van der Waals surface area contributed by atoms with Crippen molar-refractivity contribution in [3.05, 3.63) is 57.5 Å². The molecule has 7 nitrogen and oxygen atoms in total. The van der Waals surface area contributed by atoms with Gasteiger partial charge >= 0.3 is 6.18 Å². The average Bonchev–Trinajstić information content (AvgIpc) is 2.72. The van der Waals surface area contributed by atoms with Gasteiger partial charge in [-0.05, 0) is 38.0 Å². The van der Waals surface area contributed by atoms with Crippen molar-refractivity contribution in [2.75, 3.05) is 24.5 Å². The van der Waals surface area contributed by atoms with E-state index in [9.17, 15) is 18.0 Å². The average molecular weight is 481 g/mol. The number of pyridine rings is 2. The van der Waals surface area contributed by atoms with Crippen molar-refractivity contribution in [3.63, 3.8) is 0 Å². The van der Waals surface area contributed by atoms with Crippen LogP contribution in [0, 0.1) is 11.6 Å². The number of nitrogens with one attached hydrogen (secondary N) is 2. The van der Waals surface area contributed by atoms with E-state index < -0.39 is 28.9 Å². The second-order valence-corrected chi connectivity index (χ2v) is 8.42. The number of amides is 1. The number of halogens is 3. The standard InChI is InChI=1S/C22H27F3N6OS/c1-13-3-2-4-15(29-13)5-8-28-14-6-9-31(10-7-14)19-11-16(22(23,24)25)20(21(33)30-19)17(26)12-18(27)32/h2-4,11-12,14,28H,5-10,26H2,1H3,(H2,27,32)(H,30,33)/b17-12-. The zero-order valence-electron chi connectivity index (χ0n) is 18.2. The second kappa shape index (κ2) is 10.3. The molecule has 1 aliphatic heterocycles. The molecule has 0 aliphatic carbocycles. The Labute approximate surface area is 195 Å². The van der Waals surface area contributed by atoms with Gasteiger partial charge in [-0.3, -0.25) is 9.78 Å². The number of hydrogen-bond donors (Lipinski definition) is 4. The van der Waals surface area contributed by atoms with E-state index in [2.05, 4.69) is 15.3 Å². The molecule has 1 amide bonds. The number of carbonyl (C=O) groups is 1. The molecule has 1 aliphatic rings. The highest BCUT2D eigenvalue weighted by Gasteiger charge is 2.36. The van der Waals surface area contributed by atoms with Crippen LogP contribution in [0.5, 0.6) is 0 Å². The van der Waals surface area contributed by atoms with Gasteiger partial charge in [0.15, 0.2) is 0 Å². The number of nitrogens with zero attached hydrogens (tertiary/aromatic N) is 2. The minimum Gasteiger partial charge on any atom is -0.398 e. The lowest BCUT2D eigenvalue weighted by Gasteiger charge is -2.34. The fraction of sp³-hybridized carbons (Fsp3) is 0.409. The van der Waals surface area contributed by atoms with E-state index in [4.69, 9.17) is 23.7 Å². The number of hydrogen-bond acceptors (Lipinski definition) is 6. The van der Waals surface area contributed by atoms with Gasteiger partial charge < -0.3 is 26.7 Å². The van der Waals surface area contributed by atoms with Crippen LogP contribution in [0.2, 0.25) is 0 Å². The summed E-state index contributed by atoms with van der Waals surface area (Å²) in [5, 5.41) is 3.51. The number of primary amides is 1. The Morgan fingerprint density at radius 1 is 1.33 bits per heavy atom. The van der Waals surface area contributed by atoms with Crippen molar-refractivity contribution < 1.29 is 18.0 Å². The van der Waals surface area contributed by atoms with Crippen LogP contribution >= 0.6 is 12.2 Å². The minimum absolute atomic E-state index is 0.194. The van der Waals surface area contributed by atoms with Crippen LogP contribution in [0.3, 0.4) is 0 Å². The van der Waals surface area contributed by atoms with Gasteiger partial charge in [0.2, 0.25) is 5.91 Å². The normalized spacial score (nSPS) is 15.6. The molecule has 3 rings (SSSR count). The smallest absolute Gasteiger partial charge is 0.398 e.